The molecule has 1 aromatic heterocycles. The number of hydrogen-bond acceptors (Lipinski definition) is 3. The SMILES string of the molecule is OCC1CCC(OCc2ccco2)CC1. The summed E-state index contributed by atoms with van der Waals surface area (Å²) < 4.78 is 10.9. The third-order valence-corrected chi connectivity index (χ3v) is 3.09. The molecule has 0 spiro atoms. The van der Waals surface area contributed by atoms with Crippen molar-refractivity contribution in [3.63, 3.8) is 0 Å². The maximum absolute atomic E-state index is 9.00. The fraction of sp³-hybridized carbons (Fsp3) is 0.667. The monoisotopic (exact) mass is 210 g/mol. The first-order chi connectivity index (χ1) is 7.38. The predicted molar refractivity (Wildman–Crippen MR) is 56.3 cm³/mol. The Hall–Kier alpha value is -0.800. The van der Waals surface area contributed by atoms with Gasteiger partial charge in [-0.3, -0.25) is 0 Å². The van der Waals surface area contributed by atoms with E-state index in [1.807, 2.05) is 12.1 Å². The van der Waals surface area contributed by atoms with Crippen LogP contribution in [-0.4, -0.2) is 17.8 Å². The number of furan rings is 1. The van der Waals surface area contributed by atoms with Crippen LogP contribution in [0.5, 0.6) is 0 Å². The molecule has 1 heterocycles. The van der Waals surface area contributed by atoms with Gasteiger partial charge in [-0.05, 0) is 43.7 Å². The Morgan fingerprint density at radius 3 is 2.73 bits per heavy atom. The van der Waals surface area contributed by atoms with E-state index in [9.17, 15) is 0 Å². The fourth-order valence-electron chi connectivity index (χ4n) is 2.08. The van der Waals surface area contributed by atoms with Gasteiger partial charge in [-0.2, -0.15) is 0 Å². The van der Waals surface area contributed by atoms with Gasteiger partial charge in [0.25, 0.3) is 0 Å². The molecule has 1 saturated carbocycles. The average Bonchev–Trinajstić information content (AvgIpc) is 2.80. The number of rotatable bonds is 4. The van der Waals surface area contributed by atoms with E-state index in [0.717, 1.165) is 31.4 Å². The highest BCUT2D eigenvalue weighted by atomic mass is 16.5. The fourth-order valence-corrected chi connectivity index (χ4v) is 2.08. The van der Waals surface area contributed by atoms with Gasteiger partial charge in [0.1, 0.15) is 12.4 Å². The highest BCUT2D eigenvalue weighted by Gasteiger charge is 2.21. The second kappa shape index (κ2) is 5.33. The molecule has 0 bridgehead atoms. The molecule has 3 nitrogen and oxygen atoms in total. The Morgan fingerprint density at radius 2 is 2.13 bits per heavy atom. The number of hydrogen-bond donors (Lipinski definition) is 1. The van der Waals surface area contributed by atoms with Crippen LogP contribution in [0, 0.1) is 5.92 Å². The van der Waals surface area contributed by atoms with E-state index in [-0.39, 0.29) is 0 Å². The van der Waals surface area contributed by atoms with Crippen molar-refractivity contribution in [3.05, 3.63) is 24.2 Å². The summed E-state index contributed by atoms with van der Waals surface area (Å²) in [7, 11) is 0. The van der Waals surface area contributed by atoms with Crippen LogP contribution in [-0.2, 0) is 11.3 Å². The first-order valence-electron chi connectivity index (χ1n) is 5.63. The molecule has 0 aromatic carbocycles. The topological polar surface area (TPSA) is 42.6 Å². The minimum absolute atomic E-state index is 0.324. The summed E-state index contributed by atoms with van der Waals surface area (Å²) in [5.74, 6) is 1.38. The molecule has 1 aliphatic rings. The molecule has 1 aromatic rings. The average molecular weight is 210 g/mol. The normalized spacial score (nSPS) is 26.7. The van der Waals surface area contributed by atoms with Crippen LogP contribution >= 0.6 is 0 Å². The van der Waals surface area contributed by atoms with E-state index in [4.69, 9.17) is 14.3 Å². The second-order valence-corrected chi connectivity index (χ2v) is 4.22. The minimum atomic E-state index is 0.324. The van der Waals surface area contributed by atoms with Gasteiger partial charge in [0.2, 0.25) is 0 Å². The van der Waals surface area contributed by atoms with E-state index in [0.29, 0.717) is 25.2 Å². The molecule has 84 valence electrons. The molecule has 1 N–H and O–H groups in total. The van der Waals surface area contributed by atoms with Crippen LogP contribution in [0.3, 0.4) is 0 Å². The van der Waals surface area contributed by atoms with Gasteiger partial charge in [-0.1, -0.05) is 0 Å². The quantitative estimate of drug-likeness (QED) is 0.829. The highest BCUT2D eigenvalue weighted by Crippen LogP contribution is 2.26. The summed E-state index contributed by atoms with van der Waals surface area (Å²) in [6.45, 7) is 0.895. The lowest BCUT2D eigenvalue weighted by atomic mass is 9.88. The van der Waals surface area contributed by atoms with Gasteiger partial charge in [0.05, 0.1) is 12.4 Å². The van der Waals surface area contributed by atoms with Crippen molar-refractivity contribution in [2.45, 2.75) is 38.4 Å². The largest absolute Gasteiger partial charge is 0.467 e. The number of aliphatic hydroxyl groups is 1. The lowest BCUT2D eigenvalue weighted by molar-refractivity contribution is -0.00557. The molecule has 0 amide bonds. The molecule has 0 unspecified atom stereocenters. The molecule has 1 aliphatic carbocycles. The van der Waals surface area contributed by atoms with E-state index < -0.39 is 0 Å². The summed E-state index contributed by atoms with van der Waals surface area (Å²) in [6, 6.07) is 3.81. The molecular formula is C12H18O3. The molecular weight excluding hydrogens is 192 g/mol. The lowest BCUT2D eigenvalue weighted by Crippen LogP contribution is -2.23. The van der Waals surface area contributed by atoms with Crippen molar-refractivity contribution in [1.29, 1.82) is 0 Å². The van der Waals surface area contributed by atoms with E-state index in [2.05, 4.69) is 0 Å². The summed E-state index contributed by atoms with van der Waals surface area (Å²) in [4.78, 5) is 0. The van der Waals surface area contributed by atoms with Gasteiger partial charge in [-0.25, -0.2) is 0 Å². The summed E-state index contributed by atoms with van der Waals surface area (Å²) in [6.07, 6.45) is 6.30. The van der Waals surface area contributed by atoms with Gasteiger partial charge in [-0.15, -0.1) is 0 Å². The minimum Gasteiger partial charge on any atom is -0.467 e. The highest BCUT2D eigenvalue weighted by molar-refractivity contribution is 4.96. The van der Waals surface area contributed by atoms with Crippen molar-refractivity contribution in [3.8, 4) is 0 Å². The molecule has 3 heteroatoms. The van der Waals surface area contributed by atoms with Gasteiger partial charge < -0.3 is 14.3 Å². The summed E-state index contributed by atoms with van der Waals surface area (Å²) in [5.41, 5.74) is 0. The van der Waals surface area contributed by atoms with Crippen molar-refractivity contribution >= 4 is 0 Å². The van der Waals surface area contributed by atoms with Gasteiger partial charge in [0.15, 0.2) is 0 Å². The van der Waals surface area contributed by atoms with Crippen molar-refractivity contribution in [2.24, 2.45) is 5.92 Å². The Balaban J connectivity index is 1.69. The zero-order valence-electron chi connectivity index (χ0n) is 8.89. The van der Waals surface area contributed by atoms with Crippen molar-refractivity contribution < 1.29 is 14.3 Å². The molecule has 15 heavy (non-hydrogen) atoms. The van der Waals surface area contributed by atoms with Crippen molar-refractivity contribution in [1.82, 2.24) is 0 Å². The van der Waals surface area contributed by atoms with Crippen LogP contribution in [0.25, 0.3) is 0 Å². The van der Waals surface area contributed by atoms with Gasteiger partial charge >= 0.3 is 0 Å². The first-order valence-corrected chi connectivity index (χ1v) is 5.63. The summed E-state index contributed by atoms with van der Waals surface area (Å²) >= 11 is 0. The summed E-state index contributed by atoms with van der Waals surface area (Å²) in [5, 5.41) is 9.00. The molecule has 0 saturated heterocycles. The van der Waals surface area contributed by atoms with E-state index in [1.165, 1.54) is 0 Å². The third-order valence-electron chi connectivity index (χ3n) is 3.09. The predicted octanol–water partition coefficient (Wildman–Crippen LogP) is 2.35. The molecule has 2 rings (SSSR count). The maximum Gasteiger partial charge on any atom is 0.129 e. The zero-order chi connectivity index (χ0) is 10.5. The Morgan fingerprint density at radius 1 is 1.33 bits per heavy atom. The maximum atomic E-state index is 9.00. The molecule has 0 atom stereocenters. The van der Waals surface area contributed by atoms with Crippen LogP contribution in [0.4, 0.5) is 0 Å². The van der Waals surface area contributed by atoms with Crippen LogP contribution in [0.1, 0.15) is 31.4 Å². The Kier molecular flexibility index (Phi) is 3.80. The van der Waals surface area contributed by atoms with Crippen LogP contribution < -0.4 is 0 Å². The molecule has 0 radical (unpaired) electrons. The van der Waals surface area contributed by atoms with Crippen molar-refractivity contribution in [2.75, 3.05) is 6.61 Å². The smallest absolute Gasteiger partial charge is 0.129 e. The van der Waals surface area contributed by atoms with Gasteiger partial charge in [0, 0.05) is 6.61 Å². The van der Waals surface area contributed by atoms with Crippen LogP contribution in [0.15, 0.2) is 22.8 Å². The first kappa shape index (κ1) is 10.7. The molecule has 1 fully saturated rings. The second-order valence-electron chi connectivity index (χ2n) is 4.22. The Labute approximate surface area is 90.0 Å². The number of ether oxygens (including phenoxy) is 1. The van der Waals surface area contributed by atoms with Crippen LogP contribution in [0.2, 0.25) is 0 Å². The van der Waals surface area contributed by atoms with E-state index in [1.54, 1.807) is 6.26 Å². The zero-order valence-corrected chi connectivity index (χ0v) is 8.89. The third kappa shape index (κ3) is 3.08. The number of aliphatic hydroxyl groups excluding tert-OH is 1. The Bertz CT molecular complexity index is 260. The standard InChI is InChI=1S/C12H18O3/c13-8-10-3-5-11(6-4-10)15-9-12-2-1-7-14-12/h1-2,7,10-11,13H,3-6,8-9H2. The lowest BCUT2D eigenvalue weighted by Gasteiger charge is -2.26. The molecule has 0 aliphatic heterocycles. The van der Waals surface area contributed by atoms with E-state index >= 15 is 0 Å².